The molecule has 0 unspecified atom stereocenters. The van der Waals surface area contributed by atoms with Gasteiger partial charge >= 0.3 is 0 Å². The van der Waals surface area contributed by atoms with Crippen LogP contribution >= 0.6 is 0 Å². The number of benzene rings is 1. The van der Waals surface area contributed by atoms with E-state index in [4.69, 9.17) is 14.2 Å². The maximum Gasteiger partial charge on any atom is 0.295 e. The number of carbonyl (C=O) groups is 2. The van der Waals surface area contributed by atoms with E-state index < -0.39 is 17.7 Å². The Kier molecular flexibility index (Phi) is 7.44. The van der Waals surface area contributed by atoms with Crippen LogP contribution in [0.1, 0.15) is 23.6 Å². The number of carbonyl (C=O) groups excluding carboxylic acids is 2. The zero-order chi connectivity index (χ0) is 24.1. The van der Waals surface area contributed by atoms with Crippen LogP contribution in [-0.2, 0) is 14.3 Å². The van der Waals surface area contributed by atoms with E-state index in [1.54, 1.807) is 30.3 Å². The van der Waals surface area contributed by atoms with Crippen LogP contribution in [0, 0.1) is 0 Å². The van der Waals surface area contributed by atoms with Crippen LogP contribution in [-0.4, -0.2) is 85.2 Å². The van der Waals surface area contributed by atoms with E-state index >= 15 is 0 Å². The molecular formula is C25H29N3O6. The zero-order valence-corrected chi connectivity index (χ0v) is 19.4. The van der Waals surface area contributed by atoms with Crippen LogP contribution in [0.5, 0.6) is 11.5 Å². The molecule has 2 aromatic rings. The van der Waals surface area contributed by atoms with Crippen molar-refractivity contribution in [3.05, 3.63) is 59.4 Å². The summed E-state index contributed by atoms with van der Waals surface area (Å²) >= 11 is 0. The van der Waals surface area contributed by atoms with Crippen molar-refractivity contribution in [3.8, 4) is 11.5 Å². The predicted octanol–water partition coefficient (Wildman–Crippen LogP) is 2.24. The number of hydrogen-bond donors (Lipinski definition) is 1. The molecule has 0 aliphatic carbocycles. The second kappa shape index (κ2) is 10.7. The van der Waals surface area contributed by atoms with Gasteiger partial charge in [0.2, 0.25) is 0 Å². The summed E-state index contributed by atoms with van der Waals surface area (Å²) in [5, 5.41) is 11.1. The maximum atomic E-state index is 13.2. The number of nitrogens with zero attached hydrogens (tertiary/aromatic N) is 3. The molecule has 2 aliphatic heterocycles. The molecule has 1 atom stereocenters. The van der Waals surface area contributed by atoms with Gasteiger partial charge in [-0.1, -0.05) is 12.1 Å². The molecule has 2 saturated heterocycles. The van der Waals surface area contributed by atoms with Crippen LogP contribution < -0.4 is 9.47 Å². The number of para-hydroxylation sites is 1. The molecule has 9 heteroatoms. The minimum Gasteiger partial charge on any atom is -0.507 e. The molecule has 0 saturated carbocycles. The Morgan fingerprint density at radius 3 is 2.50 bits per heavy atom. The smallest absolute Gasteiger partial charge is 0.295 e. The first-order valence-electron chi connectivity index (χ1n) is 11.3. The second-order valence-corrected chi connectivity index (χ2v) is 8.12. The van der Waals surface area contributed by atoms with Crippen LogP contribution in [0.2, 0.25) is 0 Å². The van der Waals surface area contributed by atoms with Crippen molar-refractivity contribution in [3.63, 3.8) is 0 Å². The number of ketones is 1. The molecule has 34 heavy (non-hydrogen) atoms. The molecule has 1 amide bonds. The number of amides is 1. The molecule has 1 aromatic carbocycles. The number of ether oxygens (including phenoxy) is 3. The summed E-state index contributed by atoms with van der Waals surface area (Å²) in [5.41, 5.74) is 1.00. The average molecular weight is 468 g/mol. The average Bonchev–Trinajstić information content (AvgIpc) is 3.13. The minimum absolute atomic E-state index is 0.0223. The highest BCUT2D eigenvalue weighted by atomic mass is 16.5. The molecule has 180 valence electrons. The lowest BCUT2D eigenvalue weighted by molar-refractivity contribution is -0.140. The quantitative estimate of drug-likeness (QED) is 0.358. The Morgan fingerprint density at radius 1 is 1.09 bits per heavy atom. The molecule has 1 aromatic heterocycles. The highest BCUT2D eigenvalue weighted by Gasteiger charge is 2.47. The van der Waals surface area contributed by atoms with Crippen molar-refractivity contribution in [2.75, 3.05) is 53.6 Å². The standard InChI is InChI=1S/C25H29N3O6/c1-32-19-6-3-5-18(24(19)33-2)21-20(22(29)17-7-9-26-10-8-17)23(30)25(31)28(21)12-4-11-27-13-15-34-16-14-27/h3,5-10,21,29H,4,11-16H2,1-2H3/t21-/m1/s1. The molecule has 0 spiro atoms. The van der Waals surface area contributed by atoms with E-state index in [0.717, 1.165) is 19.6 Å². The van der Waals surface area contributed by atoms with Gasteiger partial charge in [0.25, 0.3) is 11.7 Å². The largest absolute Gasteiger partial charge is 0.507 e. The van der Waals surface area contributed by atoms with Crippen molar-refractivity contribution < 1.29 is 28.9 Å². The summed E-state index contributed by atoms with van der Waals surface area (Å²) in [6, 6.07) is 7.68. The number of likely N-dealkylation sites (tertiary alicyclic amines) is 1. The van der Waals surface area contributed by atoms with Gasteiger partial charge in [0, 0.05) is 49.7 Å². The summed E-state index contributed by atoms with van der Waals surface area (Å²) in [6.07, 6.45) is 3.72. The van der Waals surface area contributed by atoms with Crippen molar-refractivity contribution in [2.45, 2.75) is 12.5 Å². The highest BCUT2D eigenvalue weighted by molar-refractivity contribution is 6.46. The van der Waals surface area contributed by atoms with Crippen LogP contribution in [0.25, 0.3) is 5.76 Å². The van der Waals surface area contributed by atoms with Crippen molar-refractivity contribution >= 4 is 17.4 Å². The van der Waals surface area contributed by atoms with Gasteiger partial charge in [0.05, 0.1) is 39.0 Å². The van der Waals surface area contributed by atoms with Gasteiger partial charge in [-0.05, 0) is 24.6 Å². The maximum absolute atomic E-state index is 13.2. The van der Waals surface area contributed by atoms with Gasteiger partial charge in [-0.25, -0.2) is 0 Å². The number of rotatable bonds is 8. The molecule has 2 aliphatic rings. The third kappa shape index (κ3) is 4.62. The van der Waals surface area contributed by atoms with E-state index in [2.05, 4.69) is 9.88 Å². The van der Waals surface area contributed by atoms with Gasteiger partial charge in [-0.2, -0.15) is 0 Å². The third-order valence-electron chi connectivity index (χ3n) is 6.20. The van der Waals surface area contributed by atoms with E-state index in [-0.39, 0.29) is 11.3 Å². The Bertz CT molecular complexity index is 1070. The fraction of sp³-hybridized carbons (Fsp3) is 0.400. The summed E-state index contributed by atoms with van der Waals surface area (Å²) in [7, 11) is 3.03. The molecular weight excluding hydrogens is 438 g/mol. The summed E-state index contributed by atoms with van der Waals surface area (Å²) in [4.78, 5) is 34.2. The highest BCUT2D eigenvalue weighted by Crippen LogP contribution is 2.45. The predicted molar refractivity (Wildman–Crippen MR) is 125 cm³/mol. The molecule has 1 N–H and O–H groups in total. The summed E-state index contributed by atoms with van der Waals surface area (Å²) in [5.74, 6) is -0.729. The molecule has 4 rings (SSSR count). The first kappa shape index (κ1) is 23.7. The number of Topliss-reactive ketones (excluding diaryl/α,β-unsaturated/α-hetero) is 1. The number of hydrogen-bond acceptors (Lipinski definition) is 8. The Balaban J connectivity index is 1.74. The van der Waals surface area contributed by atoms with E-state index in [1.807, 2.05) is 0 Å². The molecule has 0 radical (unpaired) electrons. The monoisotopic (exact) mass is 467 g/mol. The third-order valence-corrected chi connectivity index (χ3v) is 6.20. The van der Waals surface area contributed by atoms with Crippen LogP contribution in [0.4, 0.5) is 0 Å². The van der Waals surface area contributed by atoms with Gasteiger partial charge in [0.15, 0.2) is 11.5 Å². The van der Waals surface area contributed by atoms with Crippen LogP contribution in [0.15, 0.2) is 48.3 Å². The number of aliphatic hydroxyl groups is 1. The normalized spacial score (nSPS) is 20.5. The number of pyridine rings is 1. The first-order valence-corrected chi connectivity index (χ1v) is 11.3. The lowest BCUT2D eigenvalue weighted by atomic mass is 9.94. The van der Waals surface area contributed by atoms with Gasteiger partial charge in [0.1, 0.15) is 5.76 Å². The van der Waals surface area contributed by atoms with Crippen molar-refractivity contribution in [1.29, 1.82) is 0 Å². The summed E-state index contributed by atoms with van der Waals surface area (Å²) in [6.45, 7) is 4.19. The Morgan fingerprint density at radius 2 is 1.82 bits per heavy atom. The lowest BCUT2D eigenvalue weighted by Gasteiger charge is -2.29. The minimum atomic E-state index is -0.817. The van der Waals surface area contributed by atoms with Gasteiger partial charge in [-0.3, -0.25) is 19.5 Å². The molecule has 9 nitrogen and oxygen atoms in total. The summed E-state index contributed by atoms with van der Waals surface area (Å²) < 4.78 is 16.5. The van der Waals surface area contributed by atoms with Crippen LogP contribution in [0.3, 0.4) is 0 Å². The fourth-order valence-electron chi connectivity index (χ4n) is 4.52. The number of methoxy groups -OCH3 is 2. The van der Waals surface area contributed by atoms with E-state index in [9.17, 15) is 14.7 Å². The topological polar surface area (TPSA) is 101 Å². The number of aliphatic hydroxyl groups excluding tert-OH is 1. The second-order valence-electron chi connectivity index (χ2n) is 8.12. The molecule has 3 heterocycles. The fourth-order valence-corrected chi connectivity index (χ4v) is 4.52. The molecule has 0 bridgehead atoms. The van der Waals surface area contributed by atoms with Gasteiger partial charge in [-0.15, -0.1) is 0 Å². The first-order chi connectivity index (χ1) is 16.6. The Hall–Kier alpha value is -3.43. The van der Waals surface area contributed by atoms with E-state index in [1.165, 1.54) is 31.5 Å². The van der Waals surface area contributed by atoms with E-state index in [0.29, 0.717) is 48.8 Å². The number of morpholine rings is 1. The zero-order valence-electron chi connectivity index (χ0n) is 19.4. The van der Waals surface area contributed by atoms with Crippen molar-refractivity contribution in [1.82, 2.24) is 14.8 Å². The Labute approximate surface area is 198 Å². The van der Waals surface area contributed by atoms with Crippen molar-refractivity contribution in [2.24, 2.45) is 0 Å². The molecule has 2 fully saturated rings. The number of aromatic nitrogens is 1. The SMILES string of the molecule is COc1cccc([C@@H]2C(=C(O)c3ccncc3)C(=O)C(=O)N2CCCN2CCOCC2)c1OC. The lowest BCUT2D eigenvalue weighted by Crippen LogP contribution is -2.39. The van der Waals surface area contributed by atoms with Gasteiger partial charge < -0.3 is 24.2 Å².